The third-order valence-electron chi connectivity index (χ3n) is 4.61. The number of unbranched alkanes of at least 4 members (excludes halogenated alkanes) is 3. The number of carbonyl (C=O) groups is 1. The second-order valence-electron chi connectivity index (χ2n) is 7.05. The van der Waals surface area contributed by atoms with Gasteiger partial charge in [0.05, 0.1) is 6.10 Å². The van der Waals surface area contributed by atoms with Crippen LogP contribution in [0.5, 0.6) is 11.5 Å². The third kappa shape index (κ3) is 8.43. The van der Waals surface area contributed by atoms with Gasteiger partial charge in [0.25, 0.3) is 0 Å². The van der Waals surface area contributed by atoms with Crippen LogP contribution in [-0.4, -0.2) is 25.3 Å². The molecular formula is C25H32O4. The SMILES string of the molecule is C=CC(=O)OCCOc1ccc(-c2ccc(OC(C)CCCCCC)cc2)cc1. The van der Waals surface area contributed by atoms with Gasteiger partial charge in [-0.05, 0) is 55.2 Å². The molecular weight excluding hydrogens is 364 g/mol. The van der Waals surface area contributed by atoms with Crippen molar-refractivity contribution in [3.63, 3.8) is 0 Å². The molecule has 0 aromatic heterocycles. The van der Waals surface area contributed by atoms with Crippen LogP contribution < -0.4 is 9.47 Å². The lowest BCUT2D eigenvalue weighted by atomic mass is 10.1. The molecule has 4 heteroatoms. The standard InChI is InChI=1S/C25H32O4/c1-4-6-7-8-9-20(3)29-24-16-12-22(13-17-24)21-10-14-23(15-11-21)27-18-19-28-25(26)5-2/h5,10-17,20H,2,4,6-9,18-19H2,1,3H3. The average Bonchev–Trinajstić information content (AvgIpc) is 2.75. The molecule has 2 aromatic carbocycles. The van der Waals surface area contributed by atoms with Gasteiger partial charge in [-0.2, -0.15) is 0 Å². The van der Waals surface area contributed by atoms with Crippen molar-refractivity contribution in [2.24, 2.45) is 0 Å². The fourth-order valence-electron chi connectivity index (χ4n) is 2.98. The normalized spacial score (nSPS) is 11.5. The number of carbonyl (C=O) groups excluding carboxylic acids is 1. The van der Waals surface area contributed by atoms with Crippen molar-refractivity contribution in [1.29, 1.82) is 0 Å². The summed E-state index contributed by atoms with van der Waals surface area (Å²) in [6, 6.07) is 16.0. The van der Waals surface area contributed by atoms with Crippen molar-refractivity contribution in [3.8, 4) is 22.6 Å². The minimum atomic E-state index is -0.442. The largest absolute Gasteiger partial charge is 0.491 e. The summed E-state index contributed by atoms with van der Waals surface area (Å²) in [5, 5.41) is 0. The highest BCUT2D eigenvalue weighted by molar-refractivity contribution is 5.81. The van der Waals surface area contributed by atoms with E-state index in [0.29, 0.717) is 6.61 Å². The molecule has 0 bridgehead atoms. The molecule has 156 valence electrons. The molecule has 1 unspecified atom stereocenters. The number of hydrogen-bond acceptors (Lipinski definition) is 4. The van der Waals surface area contributed by atoms with Gasteiger partial charge in [0.2, 0.25) is 0 Å². The molecule has 0 saturated heterocycles. The lowest BCUT2D eigenvalue weighted by molar-refractivity contribution is -0.138. The molecule has 29 heavy (non-hydrogen) atoms. The van der Waals surface area contributed by atoms with E-state index < -0.39 is 5.97 Å². The summed E-state index contributed by atoms with van der Waals surface area (Å²) < 4.78 is 16.5. The molecule has 0 fully saturated rings. The summed E-state index contributed by atoms with van der Waals surface area (Å²) in [4.78, 5) is 11.0. The van der Waals surface area contributed by atoms with Crippen molar-refractivity contribution in [2.75, 3.05) is 13.2 Å². The van der Waals surface area contributed by atoms with Crippen LogP contribution in [0.25, 0.3) is 11.1 Å². The summed E-state index contributed by atoms with van der Waals surface area (Å²) in [5.74, 6) is 1.20. The number of ether oxygens (including phenoxy) is 3. The first-order valence-corrected chi connectivity index (χ1v) is 10.4. The van der Waals surface area contributed by atoms with E-state index >= 15 is 0 Å². The predicted octanol–water partition coefficient (Wildman–Crippen LogP) is 6.20. The fraction of sp³-hybridized carbons (Fsp3) is 0.400. The van der Waals surface area contributed by atoms with Gasteiger partial charge in [0, 0.05) is 6.08 Å². The first-order chi connectivity index (χ1) is 14.1. The highest BCUT2D eigenvalue weighted by atomic mass is 16.6. The van der Waals surface area contributed by atoms with Crippen molar-refractivity contribution < 1.29 is 19.0 Å². The Kier molecular flexibility index (Phi) is 9.84. The Hall–Kier alpha value is -2.75. The Labute approximate surface area is 174 Å². The Morgan fingerprint density at radius 1 is 0.931 bits per heavy atom. The number of esters is 1. The lowest BCUT2D eigenvalue weighted by Crippen LogP contribution is -2.11. The van der Waals surface area contributed by atoms with Crippen LogP contribution in [0.1, 0.15) is 46.0 Å². The van der Waals surface area contributed by atoms with Crippen LogP contribution in [0.15, 0.2) is 61.2 Å². The van der Waals surface area contributed by atoms with Crippen LogP contribution in [0.2, 0.25) is 0 Å². The molecule has 0 radical (unpaired) electrons. The van der Waals surface area contributed by atoms with Gasteiger partial charge in [0.1, 0.15) is 24.7 Å². The summed E-state index contributed by atoms with van der Waals surface area (Å²) in [6.07, 6.45) is 7.53. The molecule has 0 aliphatic carbocycles. The van der Waals surface area contributed by atoms with E-state index in [1.807, 2.05) is 36.4 Å². The molecule has 0 N–H and O–H groups in total. The molecule has 0 amide bonds. The molecule has 2 rings (SSSR count). The van der Waals surface area contributed by atoms with Gasteiger partial charge >= 0.3 is 5.97 Å². The molecule has 0 aliphatic rings. The molecule has 0 heterocycles. The molecule has 0 saturated carbocycles. The Morgan fingerprint density at radius 3 is 2.14 bits per heavy atom. The number of rotatable bonds is 13. The highest BCUT2D eigenvalue weighted by Crippen LogP contribution is 2.25. The van der Waals surface area contributed by atoms with E-state index in [1.54, 1.807) is 0 Å². The average molecular weight is 397 g/mol. The Balaban J connectivity index is 1.80. The second-order valence-corrected chi connectivity index (χ2v) is 7.05. The predicted molar refractivity (Wildman–Crippen MR) is 117 cm³/mol. The van der Waals surface area contributed by atoms with Gasteiger partial charge in [-0.15, -0.1) is 0 Å². The zero-order chi connectivity index (χ0) is 20.9. The zero-order valence-corrected chi connectivity index (χ0v) is 17.6. The maximum Gasteiger partial charge on any atom is 0.330 e. The summed E-state index contributed by atoms with van der Waals surface area (Å²) in [5.41, 5.74) is 2.23. The van der Waals surface area contributed by atoms with E-state index in [2.05, 4.69) is 32.6 Å². The summed E-state index contributed by atoms with van der Waals surface area (Å²) in [6.45, 7) is 8.22. The van der Waals surface area contributed by atoms with Crippen molar-refractivity contribution >= 4 is 5.97 Å². The van der Waals surface area contributed by atoms with Crippen LogP contribution in [0, 0.1) is 0 Å². The van der Waals surface area contributed by atoms with Gasteiger partial charge < -0.3 is 14.2 Å². The lowest BCUT2D eigenvalue weighted by Gasteiger charge is -2.15. The van der Waals surface area contributed by atoms with Gasteiger partial charge in [-0.3, -0.25) is 0 Å². The smallest absolute Gasteiger partial charge is 0.330 e. The van der Waals surface area contributed by atoms with Gasteiger partial charge in [-0.25, -0.2) is 4.79 Å². The third-order valence-corrected chi connectivity index (χ3v) is 4.61. The van der Waals surface area contributed by atoms with Crippen LogP contribution in [0.3, 0.4) is 0 Å². The van der Waals surface area contributed by atoms with E-state index in [0.717, 1.165) is 35.1 Å². The highest BCUT2D eigenvalue weighted by Gasteiger charge is 2.05. The minimum Gasteiger partial charge on any atom is -0.491 e. The first-order valence-electron chi connectivity index (χ1n) is 10.4. The maximum absolute atomic E-state index is 11.0. The van der Waals surface area contributed by atoms with Crippen LogP contribution in [-0.2, 0) is 9.53 Å². The number of hydrogen-bond donors (Lipinski definition) is 0. The molecule has 4 nitrogen and oxygen atoms in total. The van der Waals surface area contributed by atoms with Crippen molar-refractivity contribution in [3.05, 3.63) is 61.2 Å². The maximum atomic E-state index is 11.0. The van der Waals surface area contributed by atoms with Crippen LogP contribution >= 0.6 is 0 Å². The monoisotopic (exact) mass is 396 g/mol. The Morgan fingerprint density at radius 2 is 1.55 bits per heavy atom. The fourth-order valence-corrected chi connectivity index (χ4v) is 2.98. The van der Waals surface area contributed by atoms with E-state index in [-0.39, 0.29) is 12.7 Å². The molecule has 1 atom stereocenters. The Bertz CT molecular complexity index is 734. The van der Waals surface area contributed by atoms with E-state index in [1.165, 1.54) is 25.7 Å². The van der Waals surface area contributed by atoms with Crippen molar-refractivity contribution in [1.82, 2.24) is 0 Å². The van der Waals surface area contributed by atoms with Gasteiger partial charge in [-0.1, -0.05) is 57.0 Å². The number of benzene rings is 2. The van der Waals surface area contributed by atoms with E-state index in [9.17, 15) is 4.79 Å². The van der Waals surface area contributed by atoms with Crippen molar-refractivity contribution in [2.45, 2.75) is 52.1 Å². The summed E-state index contributed by atoms with van der Waals surface area (Å²) in [7, 11) is 0. The second kappa shape index (κ2) is 12.7. The minimum absolute atomic E-state index is 0.199. The quantitative estimate of drug-likeness (QED) is 0.230. The van der Waals surface area contributed by atoms with Gasteiger partial charge in [0.15, 0.2) is 0 Å². The summed E-state index contributed by atoms with van der Waals surface area (Å²) >= 11 is 0. The topological polar surface area (TPSA) is 44.8 Å². The molecule has 0 spiro atoms. The first kappa shape index (κ1) is 22.5. The zero-order valence-electron chi connectivity index (χ0n) is 17.6. The van der Waals surface area contributed by atoms with Crippen LogP contribution in [0.4, 0.5) is 0 Å². The molecule has 2 aromatic rings. The molecule has 0 aliphatic heterocycles. The van der Waals surface area contributed by atoms with E-state index in [4.69, 9.17) is 14.2 Å².